The number of nitrogens with zero attached hydrogens (tertiary/aromatic N) is 1. The molecule has 4 nitrogen and oxygen atoms in total. The van der Waals surface area contributed by atoms with E-state index in [4.69, 9.17) is 9.47 Å². The van der Waals surface area contributed by atoms with Gasteiger partial charge in [-0.25, -0.2) is 0 Å². The maximum atomic E-state index is 10.5. The fraction of sp³-hybridized carbons (Fsp3) is 0.625. The molecule has 3 aliphatic rings. The number of para-hydroxylation sites is 1. The van der Waals surface area contributed by atoms with Crippen LogP contribution in [0.1, 0.15) is 24.8 Å². The monoisotopic (exact) mass is 275 g/mol. The van der Waals surface area contributed by atoms with Gasteiger partial charge < -0.3 is 19.5 Å². The molecule has 2 bridgehead atoms. The van der Waals surface area contributed by atoms with Crippen LogP contribution in [0.25, 0.3) is 0 Å². The minimum Gasteiger partial charge on any atom is -0.493 e. The zero-order valence-corrected chi connectivity index (χ0v) is 12.0. The van der Waals surface area contributed by atoms with Crippen LogP contribution in [-0.4, -0.2) is 49.0 Å². The first-order valence-electron chi connectivity index (χ1n) is 7.38. The quantitative estimate of drug-likeness (QED) is 0.844. The lowest BCUT2D eigenvalue weighted by Gasteiger charge is -2.51. The van der Waals surface area contributed by atoms with Crippen LogP contribution in [0.3, 0.4) is 0 Å². The summed E-state index contributed by atoms with van der Waals surface area (Å²) in [6.07, 6.45) is 2.42. The second-order valence-corrected chi connectivity index (χ2v) is 6.42. The molecule has 1 aromatic rings. The van der Waals surface area contributed by atoms with Crippen molar-refractivity contribution in [3.05, 3.63) is 23.8 Å². The van der Waals surface area contributed by atoms with Gasteiger partial charge in [-0.2, -0.15) is 0 Å². The third-order valence-electron chi connectivity index (χ3n) is 5.52. The molecule has 20 heavy (non-hydrogen) atoms. The van der Waals surface area contributed by atoms with E-state index in [0.29, 0.717) is 6.04 Å². The zero-order chi connectivity index (χ0) is 13.9. The molecule has 108 valence electrons. The SMILES string of the molecule is COc1cccc2c1O[C@@H]1C(O)C[C@@H]3C[C@@]21CCN3C. The van der Waals surface area contributed by atoms with Gasteiger partial charge in [-0.15, -0.1) is 0 Å². The minimum atomic E-state index is -0.395. The van der Waals surface area contributed by atoms with Gasteiger partial charge in [0.15, 0.2) is 11.5 Å². The van der Waals surface area contributed by atoms with Crippen molar-refractivity contribution in [1.29, 1.82) is 0 Å². The van der Waals surface area contributed by atoms with E-state index in [1.165, 1.54) is 5.56 Å². The summed E-state index contributed by atoms with van der Waals surface area (Å²) in [7, 11) is 3.83. The highest BCUT2D eigenvalue weighted by molar-refractivity contribution is 5.55. The first-order valence-corrected chi connectivity index (χ1v) is 7.38. The molecule has 1 N–H and O–H groups in total. The zero-order valence-electron chi connectivity index (χ0n) is 12.0. The maximum Gasteiger partial charge on any atom is 0.165 e. The van der Waals surface area contributed by atoms with Crippen molar-refractivity contribution in [2.75, 3.05) is 20.7 Å². The van der Waals surface area contributed by atoms with Gasteiger partial charge in [-0.1, -0.05) is 12.1 Å². The van der Waals surface area contributed by atoms with E-state index in [-0.39, 0.29) is 11.5 Å². The molecule has 1 aromatic carbocycles. The summed E-state index contributed by atoms with van der Waals surface area (Å²) in [5, 5.41) is 10.5. The number of hydrogen-bond acceptors (Lipinski definition) is 4. The molecule has 4 atom stereocenters. The van der Waals surface area contributed by atoms with Crippen LogP contribution in [0.2, 0.25) is 0 Å². The molecule has 2 heterocycles. The summed E-state index contributed by atoms with van der Waals surface area (Å²) < 4.78 is 11.6. The first-order chi connectivity index (χ1) is 9.65. The lowest BCUT2D eigenvalue weighted by Crippen LogP contribution is -2.61. The van der Waals surface area contributed by atoms with Gasteiger partial charge in [-0.3, -0.25) is 0 Å². The summed E-state index contributed by atoms with van der Waals surface area (Å²) in [4.78, 5) is 2.38. The Bertz CT molecular complexity index is 547. The number of piperidine rings is 1. The Morgan fingerprint density at radius 3 is 3.10 bits per heavy atom. The Kier molecular flexibility index (Phi) is 2.57. The summed E-state index contributed by atoms with van der Waals surface area (Å²) in [5.74, 6) is 1.64. The lowest BCUT2D eigenvalue weighted by molar-refractivity contribution is -0.0786. The maximum absolute atomic E-state index is 10.5. The standard InChI is InChI=1S/C16H21NO3/c1-17-7-6-16-9-10(17)8-12(18)15(16)20-14-11(16)4-3-5-13(14)19-2/h3-5,10,12,15,18H,6-9H2,1-2H3/t10-,12?,15-,16+/m1/s1. The predicted molar refractivity (Wildman–Crippen MR) is 75.4 cm³/mol. The molecule has 4 heteroatoms. The number of methoxy groups -OCH3 is 1. The van der Waals surface area contributed by atoms with Crippen LogP contribution in [0.4, 0.5) is 0 Å². The number of aliphatic hydroxyl groups is 1. The van der Waals surface area contributed by atoms with Crippen molar-refractivity contribution in [3.8, 4) is 11.5 Å². The molecular formula is C16H21NO3. The van der Waals surface area contributed by atoms with E-state index in [1.807, 2.05) is 12.1 Å². The van der Waals surface area contributed by atoms with Gasteiger partial charge in [-0.05, 0) is 38.9 Å². The van der Waals surface area contributed by atoms with E-state index < -0.39 is 6.10 Å². The van der Waals surface area contributed by atoms with Gasteiger partial charge in [0, 0.05) is 17.0 Å². The van der Waals surface area contributed by atoms with Crippen LogP contribution in [0, 0.1) is 0 Å². The fourth-order valence-electron chi connectivity index (χ4n) is 4.44. The number of likely N-dealkylation sites (tertiary alicyclic amines) is 1. The molecule has 4 rings (SSSR count). The van der Waals surface area contributed by atoms with Gasteiger partial charge in [0.05, 0.1) is 13.2 Å². The molecule has 2 fully saturated rings. The van der Waals surface area contributed by atoms with Gasteiger partial charge in [0.1, 0.15) is 6.10 Å². The van der Waals surface area contributed by atoms with Crippen molar-refractivity contribution in [1.82, 2.24) is 4.90 Å². The second-order valence-electron chi connectivity index (χ2n) is 6.42. The van der Waals surface area contributed by atoms with Crippen LogP contribution < -0.4 is 9.47 Å². The van der Waals surface area contributed by atoms with E-state index in [0.717, 1.165) is 37.3 Å². The lowest BCUT2D eigenvalue weighted by atomic mass is 9.62. The van der Waals surface area contributed by atoms with Gasteiger partial charge >= 0.3 is 0 Å². The minimum absolute atomic E-state index is 0.0291. The Hall–Kier alpha value is -1.26. The highest BCUT2D eigenvalue weighted by atomic mass is 16.5. The molecular weight excluding hydrogens is 254 g/mol. The Morgan fingerprint density at radius 2 is 2.30 bits per heavy atom. The number of fused-ring (bicyclic) bond motifs is 2. The van der Waals surface area contributed by atoms with Gasteiger partial charge in [0.25, 0.3) is 0 Å². The molecule has 1 aliphatic carbocycles. The average molecular weight is 275 g/mol. The Labute approximate surface area is 119 Å². The molecule has 2 aliphatic heterocycles. The number of ether oxygens (including phenoxy) is 2. The average Bonchev–Trinajstić information content (AvgIpc) is 2.78. The highest BCUT2D eigenvalue weighted by Gasteiger charge is 2.58. The Morgan fingerprint density at radius 1 is 1.45 bits per heavy atom. The van der Waals surface area contributed by atoms with Crippen LogP contribution in [0.5, 0.6) is 11.5 Å². The van der Waals surface area contributed by atoms with Gasteiger partial charge in [0.2, 0.25) is 0 Å². The molecule has 1 spiro atoms. The summed E-state index contributed by atoms with van der Waals surface area (Å²) in [5.41, 5.74) is 1.21. The van der Waals surface area contributed by atoms with Crippen molar-refractivity contribution >= 4 is 0 Å². The van der Waals surface area contributed by atoms with E-state index in [1.54, 1.807) is 7.11 Å². The molecule has 1 unspecified atom stereocenters. The molecule has 0 amide bonds. The number of aliphatic hydroxyl groups excluding tert-OH is 1. The van der Waals surface area contributed by atoms with Crippen molar-refractivity contribution in [2.24, 2.45) is 0 Å². The fourth-order valence-corrected chi connectivity index (χ4v) is 4.44. The van der Waals surface area contributed by atoms with Crippen molar-refractivity contribution in [2.45, 2.75) is 42.9 Å². The van der Waals surface area contributed by atoms with E-state index in [9.17, 15) is 5.11 Å². The van der Waals surface area contributed by atoms with E-state index >= 15 is 0 Å². The predicted octanol–water partition coefficient (Wildman–Crippen LogP) is 1.55. The van der Waals surface area contributed by atoms with Crippen LogP contribution in [-0.2, 0) is 5.41 Å². The highest BCUT2D eigenvalue weighted by Crippen LogP contribution is 2.57. The van der Waals surface area contributed by atoms with E-state index in [2.05, 4.69) is 18.0 Å². The van der Waals surface area contributed by atoms with Crippen LogP contribution >= 0.6 is 0 Å². The van der Waals surface area contributed by atoms with Crippen molar-refractivity contribution in [3.63, 3.8) is 0 Å². The smallest absolute Gasteiger partial charge is 0.165 e. The molecule has 0 radical (unpaired) electrons. The number of benzene rings is 1. The van der Waals surface area contributed by atoms with Crippen LogP contribution in [0.15, 0.2) is 18.2 Å². The number of hydrogen-bond donors (Lipinski definition) is 1. The topological polar surface area (TPSA) is 41.9 Å². The first kappa shape index (κ1) is 12.5. The molecule has 0 aromatic heterocycles. The third-order valence-corrected chi connectivity index (χ3v) is 5.52. The summed E-state index contributed by atoms with van der Waals surface area (Å²) in [6.45, 7) is 1.06. The third kappa shape index (κ3) is 1.44. The summed E-state index contributed by atoms with van der Waals surface area (Å²) >= 11 is 0. The largest absolute Gasteiger partial charge is 0.493 e. The second kappa shape index (κ2) is 4.12. The Balaban J connectivity index is 1.85. The normalized spacial score (nSPS) is 38.9. The van der Waals surface area contributed by atoms with Crippen molar-refractivity contribution < 1.29 is 14.6 Å². The number of rotatable bonds is 1. The molecule has 1 saturated heterocycles. The molecule has 1 saturated carbocycles. The summed E-state index contributed by atoms with van der Waals surface area (Å²) in [6, 6.07) is 6.58.